The summed E-state index contributed by atoms with van der Waals surface area (Å²) in [6.07, 6.45) is 5.66. The van der Waals surface area contributed by atoms with E-state index in [0.29, 0.717) is 5.92 Å². The second-order valence-electron chi connectivity index (χ2n) is 4.06. The standard InChI is InChI=1S/C14H19NO/c1-12(2)14(11-16)15-10-6-9-13-7-4-3-5-8-13/h3-10,12,14,16H,11H2,1-2H3/b9-6+,15-10?/t14-/m1/s1. The summed E-state index contributed by atoms with van der Waals surface area (Å²) < 4.78 is 0. The lowest BCUT2D eigenvalue weighted by Gasteiger charge is -2.11. The van der Waals surface area contributed by atoms with E-state index in [1.165, 1.54) is 0 Å². The van der Waals surface area contributed by atoms with Gasteiger partial charge in [-0.05, 0) is 17.6 Å². The van der Waals surface area contributed by atoms with E-state index in [9.17, 15) is 0 Å². The van der Waals surface area contributed by atoms with Gasteiger partial charge in [0.05, 0.1) is 12.6 Å². The molecule has 0 amide bonds. The molecule has 0 saturated carbocycles. The second kappa shape index (κ2) is 6.96. The van der Waals surface area contributed by atoms with E-state index in [1.54, 1.807) is 6.21 Å². The summed E-state index contributed by atoms with van der Waals surface area (Å²) >= 11 is 0. The van der Waals surface area contributed by atoms with Crippen molar-refractivity contribution in [2.24, 2.45) is 10.9 Å². The lowest BCUT2D eigenvalue weighted by Crippen LogP contribution is -2.17. The highest BCUT2D eigenvalue weighted by Crippen LogP contribution is 2.05. The van der Waals surface area contributed by atoms with Crippen molar-refractivity contribution in [1.29, 1.82) is 0 Å². The number of rotatable bonds is 5. The summed E-state index contributed by atoms with van der Waals surface area (Å²) in [6.45, 7) is 4.21. The van der Waals surface area contributed by atoms with Crippen molar-refractivity contribution in [2.75, 3.05) is 6.61 Å². The van der Waals surface area contributed by atoms with Crippen LogP contribution in [0.4, 0.5) is 0 Å². The first-order valence-corrected chi connectivity index (χ1v) is 5.59. The minimum Gasteiger partial charge on any atom is -0.394 e. The zero-order valence-electron chi connectivity index (χ0n) is 9.88. The summed E-state index contributed by atoms with van der Waals surface area (Å²) in [6, 6.07) is 10.1. The van der Waals surface area contributed by atoms with Gasteiger partial charge in [-0.3, -0.25) is 4.99 Å². The molecule has 0 bridgehead atoms. The first kappa shape index (κ1) is 12.7. The second-order valence-corrected chi connectivity index (χ2v) is 4.06. The molecule has 2 nitrogen and oxygen atoms in total. The molecule has 0 aliphatic heterocycles. The first-order valence-electron chi connectivity index (χ1n) is 5.59. The monoisotopic (exact) mass is 217 g/mol. The third-order valence-electron chi connectivity index (χ3n) is 2.41. The lowest BCUT2D eigenvalue weighted by atomic mass is 10.1. The Morgan fingerprint density at radius 1 is 1.25 bits per heavy atom. The van der Waals surface area contributed by atoms with E-state index >= 15 is 0 Å². The van der Waals surface area contributed by atoms with Gasteiger partial charge < -0.3 is 5.11 Å². The van der Waals surface area contributed by atoms with Gasteiger partial charge in [-0.1, -0.05) is 50.3 Å². The molecule has 1 atom stereocenters. The molecule has 0 aromatic heterocycles. The molecule has 0 aliphatic carbocycles. The molecule has 0 fully saturated rings. The Morgan fingerprint density at radius 3 is 2.50 bits per heavy atom. The van der Waals surface area contributed by atoms with Gasteiger partial charge in [-0.2, -0.15) is 0 Å². The van der Waals surface area contributed by atoms with Crippen LogP contribution in [0.15, 0.2) is 41.4 Å². The van der Waals surface area contributed by atoms with E-state index < -0.39 is 0 Å². The number of nitrogens with zero attached hydrogens (tertiary/aromatic N) is 1. The molecule has 0 unspecified atom stereocenters. The maximum atomic E-state index is 9.07. The number of allylic oxidation sites excluding steroid dienone is 1. The van der Waals surface area contributed by atoms with Crippen LogP contribution < -0.4 is 0 Å². The van der Waals surface area contributed by atoms with Crippen LogP contribution >= 0.6 is 0 Å². The van der Waals surface area contributed by atoms with Gasteiger partial charge in [0.15, 0.2) is 0 Å². The van der Waals surface area contributed by atoms with Gasteiger partial charge in [-0.15, -0.1) is 0 Å². The topological polar surface area (TPSA) is 32.6 Å². The molecule has 0 radical (unpaired) electrons. The van der Waals surface area contributed by atoms with Gasteiger partial charge in [0.25, 0.3) is 0 Å². The molecule has 0 aliphatic rings. The Balaban J connectivity index is 2.50. The molecule has 86 valence electrons. The van der Waals surface area contributed by atoms with Crippen LogP contribution in [0.3, 0.4) is 0 Å². The van der Waals surface area contributed by atoms with Crippen molar-refractivity contribution >= 4 is 12.3 Å². The van der Waals surface area contributed by atoms with Crippen LogP contribution in [0, 0.1) is 5.92 Å². The minimum absolute atomic E-state index is 0.000392. The summed E-state index contributed by atoms with van der Waals surface area (Å²) in [5.74, 6) is 0.367. The fourth-order valence-electron chi connectivity index (χ4n) is 1.31. The molecule has 1 N–H and O–H groups in total. The highest BCUT2D eigenvalue weighted by Gasteiger charge is 2.07. The van der Waals surface area contributed by atoms with Gasteiger partial charge in [-0.25, -0.2) is 0 Å². The van der Waals surface area contributed by atoms with E-state index in [0.717, 1.165) is 5.56 Å². The fraction of sp³-hybridized carbons (Fsp3) is 0.357. The maximum Gasteiger partial charge on any atom is 0.0753 e. The van der Waals surface area contributed by atoms with E-state index in [1.807, 2.05) is 42.5 Å². The van der Waals surface area contributed by atoms with Crippen molar-refractivity contribution in [1.82, 2.24) is 0 Å². The van der Waals surface area contributed by atoms with Crippen molar-refractivity contribution in [2.45, 2.75) is 19.9 Å². The molecule has 1 rings (SSSR count). The molecule has 16 heavy (non-hydrogen) atoms. The maximum absolute atomic E-state index is 9.07. The predicted molar refractivity (Wildman–Crippen MR) is 69.7 cm³/mol. The molecular formula is C14H19NO. The number of hydrogen-bond donors (Lipinski definition) is 1. The number of hydrogen-bond acceptors (Lipinski definition) is 2. The lowest BCUT2D eigenvalue weighted by molar-refractivity contribution is 0.240. The number of aliphatic hydroxyl groups is 1. The highest BCUT2D eigenvalue weighted by atomic mass is 16.3. The van der Waals surface area contributed by atoms with E-state index in [2.05, 4.69) is 18.8 Å². The third kappa shape index (κ3) is 4.41. The largest absolute Gasteiger partial charge is 0.394 e. The summed E-state index contributed by atoms with van der Waals surface area (Å²) in [5, 5.41) is 9.07. The summed E-state index contributed by atoms with van der Waals surface area (Å²) in [7, 11) is 0. The van der Waals surface area contributed by atoms with Crippen LogP contribution in [0.5, 0.6) is 0 Å². The Labute approximate surface area is 97.4 Å². The van der Waals surface area contributed by atoms with Gasteiger partial charge in [0, 0.05) is 6.21 Å². The Bertz CT molecular complexity index is 341. The summed E-state index contributed by atoms with van der Waals surface area (Å²) in [4.78, 5) is 4.29. The average Bonchev–Trinajstić information content (AvgIpc) is 2.30. The van der Waals surface area contributed by atoms with E-state index in [4.69, 9.17) is 5.11 Å². The molecule has 1 aromatic carbocycles. The molecule has 2 heteroatoms. The Hall–Kier alpha value is -1.41. The number of aliphatic hydroxyl groups excluding tert-OH is 1. The quantitative estimate of drug-likeness (QED) is 0.756. The molecule has 0 heterocycles. The molecule has 0 saturated heterocycles. The van der Waals surface area contributed by atoms with Crippen molar-refractivity contribution in [3.05, 3.63) is 42.0 Å². The van der Waals surface area contributed by atoms with E-state index in [-0.39, 0.29) is 12.6 Å². The van der Waals surface area contributed by atoms with Gasteiger partial charge in [0.1, 0.15) is 0 Å². The van der Waals surface area contributed by atoms with Crippen molar-refractivity contribution < 1.29 is 5.11 Å². The molecule has 0 spiro atoms. The summed E-state index contributed by atoms with van der Waals surface area (Å²) in [5.41, 5.74) is 1.15. The first-order chi connectivity index (χ1) is 7.74. The predicted octanol–water partition coefficient (Wildman–Crippen LogP) is 2.79. The van der Waals surface area contributed by atoms with Crippen LogP contribution in [0.2, 0.25) is 0 Å². The van der Waals surface area contributed by atoms with Crippen LogP contribution in [-0.2, 0) is 0 Å². The van der Waals surface area contributed by atoms with Gasteiger partial charge >= 0.3 is 0 Å². The SMILES string of the molecule is CC(C)[C@@H](CO)N=C/C=C/c1ccccc1. The number of benzene rings is 1. The third-order valence-corrected chi connectivity index (χ3v) is 2.41. The molecule has 1 aromatic rings. The van der Waals surface area contributed by atoms with Crippen molar-refractivity contribution in [3.63, 3.8) is 0 Å². The van der Waals surface area contributed by atoms with Crippen LogP contribution in [0.1, 0.15) is 19.4 Å². The number of aliphatic imine (C=N–C) groups is 1. The highest BCUT2D eigenvalue weighted by molar-refractivity contribution is 5.78. The average molecular weight is 217 g/mol. The van der Waals surface area contributed by atoms with Crippen LogP contribution in [0.25, 0.3) is 6.08 Å². The van der Waals surface area contributed by atoms with Crippen LogP contribution in [-0.4, -0.2) is 24.0 Å². The molecular weight excluding hydrogens is 198 g/mol. The fourth-order valence-corrected chi connectivity index (χ4v) is 1.31. The normalized spacial score (nSPS) is 14.0. The van der Waals surface area contributed by atoms with Crippen molar-refractivity contribution in [3.8, 4) is 0 Å². The minimum atomic E-state index is 0.000392. The van der Waals surface area contributed by atoms with Gasteiger partial charge in [0.2, 0.25) is 0 Å². The Morgan fingerprint density at radius 2 is 1.94 bits per heavy atom. The zero-order valence-corrected chi connectivity index (χ0v) is 9.88. The zero-order chi connectivity index (χ0) is 11.8. The Kier molecular flexibility index (Phi) is 5.51. The smallest absolute Gasteiger partial charge is 0.0753 e.